The standard InChI is InChI=1S/C43H65BN6O8S/c1-10-12-15-22-57-50(41(54)37(28(5)11-2)47-39(53)34-16-13-14-21-49(34)9)35(27(3)4)24-36(58-29(6)51)40-46-33(26-59-40)38(52)45-32(25-43(7,8)42(55)56)23-30-17-19-31(48-44)20-18-30/h1,17-20,26-28,32,34-37,48H,11-16,21-25,44H2,2-9H3,(H,45,52)(H,47,53)(H,55,56)/t28-,32-,34+,35+,36+,37-/m0/s1. The number of carbonyl (C=O) groups excluding carboxylic acids is 4. The molecule has 4 N–H and O–H groups in total. The summed E-state index contributed by atoms with van der Waals surface area (Å²) in [5.41, 5.74) is 0.793. The summed E-state index contributed by atoms with van der Waals surface area (Å²) in [5, 5.41) is 22.3. The maximum Gasteiger partial charge on any atom is 0.309 e. The Hall–Kier alpha value is -4.46. The summed E-state index contributed by atoms with van der Waals surface area (Å²) in [7, 11) is 3.74. The number of anilines is 1. The Balaban J connectivity index is 1.94. The van der Waals surface area contributed by atoms with Crippen LogP contribution >= 0.6 is 11.3 Å². The number of likely N-dealkylation sites (tertiary alicyclic amines) is 1. The van der Waals surface area contributed by atoms with E-state index in [4.69, 9.17) is 16.0 Å². The van der Waals surface area contributed by atoms with E-state index in [-0.39, 0.29) is 48.9 Å². The molecule has 0 saturated carbocycles. The molecular weight excluding hydrogens is 771 g/mol. The zero-order valence-electron chi connectivity index (χ0n) is 36.3. The summed E-state index contributed by atoms with van der Waals surface area (Å²) in [6, 6.07) is 5.25. The van der Waals surface area contributed by atoms with Crippen molar-refractivity contribution in [2.75, 3.05) is 25.4 Å². The number of carbonyl (C=O) groups is 5. The third kappa shape index (κ3) is 14.6. The molecule has 6 atom stereocenters. The Morgan fingerprint density at radius 1 is 1.14 bits per heavy atom. The average molecular weight is 837 g/mol. The summed E-state index contributed by atoms with van der Waals surface area (Å²) in [4.78, 5) is 79.8. The number of piperidine rings is 1. The molecule has 324 valence electrons. The van der Waals surface area contributed by atoms with E-state index < -0.39 is 53.4 Å². The van der Waals surface area contributed by atoms with Crippen LogP contribution in [0.5, 0.6) is 0 Å². The number of carboxylic acids is 1. The summed E-state index contributed by atoms with van der Waals surface area (Å²) in [5.74, 6) is -0.526. The van der Waals surface area contributed by atoms with Crippen LogP contribution in [0, 0.1) is 29.6 Å². The number of aliphatic carboxylic acids is 1. The first-order valence-electron chi connectivity index (χ1n) is 20.8. The van der Waals surface area contributed by atoms with Gasteiger partial charge in [0.2, 0.25) is 13.9 Å². The number of likely N-dealkylation sites (N-methyl/N-ethyl adjacent to an activating group) is 1. The smallest absolute Gasteiger partial charge is 0.309 e. The van der Waals surface area contributed by atoms with Crippen LogP contribution in [-0.2, 0) is 35.2 Å². The highest BCUT2D eigenvalue weighted by molar-refractivity contribution is 7.09. The highest BCUT2D eigenvalue weighted by Crippen LogP contribution is 2.32. The molecule has 2 heterocycles. The molecule has 1 aromatic carbocycles. The van der Waals surface area contributed by atoms with E-state index in [0.717, 1.165) is 42.0 Å². The number of ether oxygens (including phenoxy) is 1. The van der Waals surface area contributed by atoms with Crippen molar-refractivity contribution in [1.82, 2.24) is 25.6 Å². The maximum absolute atomic E-state index is 14.7. The van der Waals surface area contributed by atoms with Gasteiger partial charge in [-0.1, -0.05) is 52.7 Å². The minimum atomic E-state index is -1.13. The normalized spacial score (nSPS) is 17.1. The molecule has 2 aromatic rings. The van der Waals surface area contributed by atoms with Gasteiger partial charge in [0, 0.05) is 36.9 Å². The van der Waals surface area contributed by atoms with E-state index in [1.165, 1.54) is 12.0 Å². The average Bonchev–Trinajstić information content (AvgIpc) is 3.69. The molecule has 1 aliphatic rings. The van der Waals surface area contributed by atoms with Crippen molar-refractivity contribution in [2.24, 2.45) is 17.3 Å². The summed E-state index contributed by atoms with van der Waals surface area (Å²) >= 11 is 1.14. The lowest BCUT2D eigenvalue weighted by Crippen LogP contribution is -2.58. The van der Waals surface area contributed by atoms with Crippen molar-refractivity contribution in [3.05, 3.63) is 45.9 Å². The zero-order valence-corrected chi connectivity index (χ0v) is 37.2. The lowest BCUT2D eigenvalue weighted by molar-refractivity contribution is -0.213. The van der Waals surface area contributed by atoms with Gasteiger partial charge in [-0.25, -0.2) is 10.0 Å². The quantitative estimate of drug-likeness (QED) is 0.0383. The summed E-state index contributed by atoms with van der Waals surface area (Å²) < 4.78 is 5.85. The highest BCUT2D eigenvalue weighted by Gasteiger charge is 2.40. The minimum Gasteiger partial charge on any atom is -0.481 e. The molecule has 1 saturated heterocycles. The minimum absolute atomic E-state index is 0.0806. The Morgan fingerprint density at radius 3 is 2.41 bits per heavy atom. The van der Waals surface area contributed by atoms with Gasteiger partial charge in [-0.05, 0) is 89.1 Å². The molecule has 3 amide bonds. The van der Waals surface area contributed by atoms with E-state index >= 15 is 0 Å². The molecule has 1 aliphatic heterocycles. The number of amides is 3. The van der Waals surface area contributed by atoms with Crippen LogP contribution in [0.25, 0.3) is 0 Å². The van der Waals surface area contributed by atoms with E-state index in [1.54, 1.807) is 19.2 Å². The first kappa shape index (κ1) is 48.9. The topological polar surface area (TPSA) is 180 Å². The van der Waals surface area contributed by atoms with E-state index in [9.17, 15) is 29.1 Å². The Kier molecular flexibility index (Phi) is 19.4. The predicted octanol–water partition coefficient (Wildman–Crippen LogP) is 5.15. The molecule has 0 radical (unpaired) electrons. The fourth-order valence-electron chi connectivity index (χ4n) is 7.16. The summed E-state index contributed by atoms with van der Waals surface area (Å²) in [6.45, 7) is 13.2. The van der Waals surface area contributed by atoms with Gasteiger partial charge in [0.05, 0.1) is 24.1 Å². The van der Waals surface area contributed by atoms with Crippen molar-refractivity contribution >= 4 is 54.7 Å². The van der Waals surface area contributed by atoms with Crippen molar-refractivity contribution in [2.45, 2.75) is 137 Å². The van der Waals surface area contributed by atoms with Crippen molar-refractivity contribution in [3.63, 3.8) is 0 Å². The molecule has 0 spiro atoms. The molecule has 1 aromatic heterocycles. The number of terminal acetylenes is 1. The number of carboxylic acid groups (broad SMARTS) is 1. The predicted molar refractivity (Wildman–Crippen MR) is 232 cm³/mol. The van der Waals surface area contributed by atoms with Gasteiger partial charge in [-0.15, -0.1) is 23.7 Å². The molecule has 0 aliphatic carbocycles. The van der Waals surface area contributed by atoms with Crippen LogP contribution in [-0.4, -0.2) is 102 Å². The number of hydroxylamine groups is 2. The van der Waals surface area contributed by atoms with Crippen LogP contribution in [0.3, 0.4) is 0 Å². The number of nitrogens with one attached hydrogen (secondary N) is 3. The molecule has 59 heavy (non-hydrogen) atoms. The third-order valence-electron chi connectivity index (χ3n) is 11.0. The number of nitrogens with zero attached hydrogens (tertiary/aromatic N) is 3. The molecular formula is C43H65BN6O8S. The number of thiazole rings is 1. The monoisotopic (exact) mass is 836 g/mol. The summed E-state index contributed by atoms with van der Waals surface area (Å²) in [6.07, 6.45) is 9.36. The number of benzene rings is 1. The largest absolute Gasteiger partial charge is 0.481 e. The first-order chi connectivity index (χ1) is 27.9. The third-order valence-corrected chi connectivity index (χ3v) is 12.0. The van der Waals surface area contributed by atoms with Crippen LogP contribution in [0.15, 0.2) is 29.6 Å². The second kappa shape index (κ2) is 23.4. The van der Waals surface area contributed by atoms with Crippen molar-refractivity contribution in [1.29, 1.82) is 0 Å². The van der Waals surface area contributed by atoms with Crippen LogP contribution in [0.2, 0.25) is 0 Å². The van der Waals surface area contributed by atoms with Crippen molar-refractivity contribution < 1.29 is 38.7 Å². The van der Waals surface area contributed by atoms with Gasteiger partial charge in [0.1, 0.15) is 16.7 Å². The number of esters is 1. The number of unbranched alkanes of at least 4 members (excludes halogenated alkanes) is 1. The lowest BCUT2D eigenvalue weighted by Gasteiger charge is -2.39. The fourth-order valence-corrected chi connectivity index (χ4v) is 8.00. The second-order valence-corrected chi connectivity index (χ2v) is 17.5. The Bertz CT molecular complexity index is 1750. The van der Waals surface area contributed by atoms with Crippen LogP contribution in [0.4, 0.5) is 5.69 Å². The molecule has 16 heteroatoms. The molecule has 0 unspecified atom stereocenters. The molecule has 0 bridgehead atoms. The molecule has 14 nitrogen and oxygen atoms in total. The highest BCUT2D eigenvalue weighted by atomic mass is 32.1. The van der Waals surface area contributed by atoms with E-state index in [0.29, 0.717) is 37.1 Å². The van der Waals surface area contributed by atoms with Gasteiger partial charge < -0.3 is 25.7 Å². The van der Waals surface area contributed by atoms with Gasteiger partial charge in [-0.2, -0.15) is 0 Å². The maximum atomic E-state index is 14.7. The molecule has 3 rings (SSSR count). The van der Waals surface area contributed by atoms with Crippen molar-refractivity contribution in [3.8, 4) is 12.3 Å². The fraction of sp³-hybridized carbons (Fsp3) is 0.628. The lowest BCUT2D eigenvalue weighted by atomic mass is 9.84. The van der Waals surface area contributed by atoms with E-state index in [1.807, 2.05) is 71.9 Å². The molecule has 1 fully saturated rings. The Labute approximate surface area is 355 Å². The van der Waals surface area contributed by atoms with Gasteiger partial charge in [0.25, 0.3) is 11.8 Å². The van der Waals surface area contributed by atoms with Crippen LogP contribution in [0.1, 0.15) is 127 Å². The van der Waals surface area contributed by atoms with Gasteiger partial charge in [-0.3, -0.25) is 33.7 Å². The van der Waals surface area contributed by atoms with Gasteiger partial charge in [0.15, 0.2) is 6.10 Å². The number of hydrogen-bond donors (Lipinski definition) is 4. The van der Waals surface area contributed by atoms with Crippen LogP contribution < -0.4 is 15.9 Å². The number of hydrogen-bond acceptors (Lipinski definition) is 11. The number of rotatable bonds is 23. The Morgan fingerprint density at radius 2 is 1.83 bits per heavy atom. The van der Waals surface area contributed by atoms with Gasteiger partial charge >= 0.3 is 11.9 Å². The number of aromatic nitrogens is 1. The first-order valence-corrected chi connectivity index (χ1v) is 21.6. The zero-order chi connectivity index (χ0) is 43.9. The SMILES string of the molecule is BNc1ccc(C[C@@H](CC(C)(C)C(=O)O)NC(=O)c2csc([C@@H](C[C@H](C(C)C)N(OCCCC#C)C(=O)[C@@H](NC(=O)[C@H]3CCCCN3C)[C@@H](C)CC)OC(C)=O)n2)cc1. The second-order valence-electron chi connectivity index (χ2n) is 16.6. The van der Waals surface area contributed by atoms with E-state index in [2.05, 4.69) is 26.8 Å².